The van der Waals surface area contributed by atoms with E-state index in [1.54, 1.807) is 0 Å². The molecule has 0 unspecified atom stereocenters. The number of ether oxygens (including phenoxy) is 2. The lowest BCUT2D eigenvalue weighted by molar-refractivity contribution is -0.152. The number of aliphatic hydroxyl groups is 1. The Morgan fingerprint density at radius 3 is 1.18 bits per heavy atom. The van der Waals surface area contributed by atoms with Crippen LogP contribution in [-0.4, -0.2) is 36.4 Å². The largest absolute Gasteiger partial charge is 0.463 e. The highest BCUT2D eigenvalue weighted by Gasteiger charge is 2.12. The van der Waals surface area contributed by atoms with Gasteiger partial charge in [0.05, 0.1) is 0 Å². The molecule has 0 saturated carbocycles. The van der Waals surface area contributed by atoms with Crippen LogP contribution >= 0.6 is 0 Å². The van der Waals surface area contributed by atoms with E-state index in [9.17, 15) is 14.7 Å². The van der Waals surface area contributed by atoms with Gasteiger partial charge in [-0.25, -0.2) is 0 Å². The van der Waals surface area contributed by atoms with Crippen molar-refractivity contribution in [2.75, 3.05) is 13.2 Å². The van der Waals surface area contributed by atoms with Gasteiger partial charge in [-0.05, 0) is 24.7 Å². The molecule has 0 spiro atoms. The molecule has 0 fully saturated rings. The van der Waals surface area contributed by atoms with Gasteiger partial charge >= 0.3 is 11.9 Å². The molecule has 0 aliphatic carbocycles. The molecule has 1 atom stereocenters. The van der Waals surface area contributed by atoms with Crippen molar-refractivity contribution >= 4 is 11.9 Å². The molecule has 0 amide bonds. The summed E-state index contributed by atoms with van der Waals surface area (Å²) in [5.41, 5.74) is 0. The molecule has 1 N–H and O–H groups in total. The Hall–Kier alpha value is -1.10. The van der Waals surface area contributed by atoms with Gasteiger partial charge in [0.15, 0.2) is 0 Å². The van der Waals surface area contributed by atoms with Gasteiger partial charge in [0.1, 0.15) is 19.3 Å². The fraction of sp³-hybridized carbons (Fsp3) is 0.929. The van der Waals surface area contributed by atoms with Crippen LogP contribution in [0.4, 0.5) is 0 Å². The minimum atomic E-state index is -0.954. The number of unbranched alkanes of at least 4 members (excludes halogenated alkanes) is 11. The van der Waals surface area contributed by atoms with E-state index in [1.807, 2.05) is 0 Å². The van der Waals surface area contributed by atoms with E-state index in [0.717, 1.165) is 50.4 Å². The minimum absolute atomic E-state index is 0.113. The van der Waals surface area contributed by atoms with Gasteiger partial charge < -0.3 is 14.6 Å². The maximum atomic E-state index is 11.8. The van der Waals surface area contributed by atoms with Crippen molar-refractivity contribution in [3.63, 3.8) is 0 Å². The molecule has 5 nitrogen and oxygen atoms in total. The predicted molar refractivity (Wildman–Crippen MR) is 136 cm³/mol. The summed E-state index contributed by atoms with van der Waals surface area (Å²) in [7, 11) is 0. The smallest absolute Gasteiger partial charge is 0.305 e. The third-order valence-corrected chi connectivity index (χ3v) is 5.95. The van der Waals surface area contributed by atoms with Crippen molar-refractivity contribution in [1.82, 2.24) is 0 Å². The molecular weight excluding hydrogens is 416 g/mol. The summed E-state index contributed by atoms with van der Waals surface area (Å²) in [5, 5.41) is 9.87. The average molecular weight is 471 g/mol. The predicted octanol–water partition coefficient (Wildman–Crippen LogP) is 7.38. The first-order valence-corrected chi connectivity index (χ1v) is 13.8. The van der Waals surface area contributed by atoms with Crippen LogP contribution in [0.25, 0.3) is 0 Å². The molecule has 0 radical (unpaired) electrons. The normalized spacial score (nSPS) is 12.3. The third-order valence-electron chi connectivity index (χ3n) is 5.95. The number of hydrogen-bond donors (Lipinski definition) is 1. The first kappa shape index (κ1) is 31.9. The van der Waals surface area contributed by atoms with E-state index in [-0.39, 0.29) is 25.2 Å². The number of carbonyl (C=O) groups is 2. The Bertz CT molecular complexity index is 461. The van der Waals surface area contributed by atoms with Crippen LogP contribution in [0.3, 0.4) is 0 Å². The molecule has 0 heterocycles. The maximum absolute atomic E-state index is 11.8. The highest BCUT2D eigenvalue weighted by Crippen LogP contribution is 2.13. The quantitative estimate of drug-likeness (QED) is 0.125. The first-order chi connectivity index (χ1) is 15.8. The van der Waals surface area contributed by atoms with Crippen molar-refractivity contribution in [1.29, 1.82) is 0 Å². The summed E-state index contributed by atoms with van der Waals surface area (Å²) in [6.45, 7) is 8.82. The zero-order valence-electron chi connectivity index (χ0n) is 22.2. The Morgan fingerprint density at radius 1 is 0.545 bits per heavy atom. The van der Waals surface area contributed by atoms with E-state index in [1.165, 1.54) is 57.8 Å². The van der Waals surface area contributed by atoms with Gasteiger partial charge in [-0.15, -0.1) is 0 Å². The summed E-state index contributed by atoms with van der Waals surface area (Å²) >= 11 is 0. The van der Waals surface area contributed by atoms with Crippen LogP contribution in [0.2, 0.25) is 0 Å². The van der Waals surface area contributed by atoms with Crippen molar-refractivity contribution < 1.29 is 24.2 Å². The molecule has 33 heavy (non-hydrogen) atoms. The molecule has 0 saturated heterocycles. The Balaban J connectivity index is 3.47. The topological polar surface area (TPSA) is 72.8 Å². The van der Waals surface area contributed by atoms with Crippen LogP contribution in [-0.2, 0) is 19.1 Å². The maximum Gasteiger partial charge on any atom is 0.305 e. The van der Waals surface area contributed by atoms with Gasteiger partial charge in [-0.1, -0.05) is 111 Å². The number of esters is 2. The van der Waals surface area contributed by atoms with Gasteiger partial charge in [0, 0.05) is 12.8 Å². The Morgan fingerprint density at radius 2 is 0.848 bits per heavy atom. The fourth-order valence-corrected chi connectivity index (χ4v) is 3.81. The third kappa shape index (κ3) is 25.4. The SMILES string of the molecule is CC(C)CCCCCCCCCC(=O)OC[C@H](O)COC(=O)CCCCCCCCC(C)C. The Labute approximate surface area is 204 Å². The monoisotopic (exact) mass is 470 g/mol. The Kier molecular flexibility index (Phi) is 21.9. The molecule has 0 aromatic carbocycles. The van der Waals surface area contributed by atoms with Crippen molar-refractivity contribution in [2.45, 2.75) is 143 Å². The molecule has 5 heteroatoms. The van der Waals surface area contributed by atoms with E-state index in [0.29, 0.717) is 12.8 Å². The second-order valence-corrected chi connectivity index (χ2v) is 10.5. The number of hydrogen-bond acceptors (Lipinski definition) is 5. The van der Waals surface area contributed by atoms with Gasteiger partial charge in [-0.2, -0.15) is 0 Å². The van der Waals surface area contributed by atoms with Crippen LogP contribution in [0.1, 0.15) is 137 Å². The van der Waals surface area contributed by atoms with E-state index < -0.39 is 6.10 Å². The van der Waals surface area contributed by atoms with Crippen molar-refractivity contribution in [2.24, 2.45) is 11.8 Å². The standard InChI is InChI=1S/C28H54O5/c1-24(2)18-14-10-6-5-7-12-16-20-27(30)32-22-26(29)23-33-28(31)21-17-13-9-8-11-15-19-25(3)4/h24-26,29H,5-23H2,1-4H3/t26-/m0/s1. The molecule has 0 aromatic heterocycles. The molecule has 0 aromatic rings. The molecule has 0 aliphatic heterocycles. The summed E-state index contributed by atoms with van der Waals surface area (Å²) in [6, 6.07) is 0. The molecule has 0 aliphatic rings. The number of rotatable bonds is 23. The lowest BCUT2D eigenvalue weighted by Gasteiger charge is -2.12. The lowest BCUT2D eigenvalue weighted by Crippen LogP contribution is -2.25. The highest BCUT2D eigenvalue weighted by atomic mass is 16.6. The van der Waals surface area contributed by atoms with Gasteiger partial charge in [-0.3, -0.25) is 9.59 Å². The average Bonchev–Trinajstić information content (AvgIpc) is 2.76. The summed E-state index contributed by atoms with van der Waals surface area (Å²) < 4.78 is 10.2. The van der Waals surface area contributed by atoms with E-state index >= 15 is 0 Å². The summed E-state index contributed by atoms with van der Waals surface area (Å²) in [4.78, 5) is 23.6. The lowest BCUT2D eigenvalue weighted by atomic mass is 10.0. The van der Waals surface area contributed by atoms with E-state index in [4.69, 9.17) is 9.47 Å². The molecule has 196 valence electrons. The number of carbonyl (C=O) groups excluding carboxylic acids is 2. The minimum Gasteiger partial charge on any atom is -0.463 e. The zero-order chi connectivity index (χ0) is 24.7. The second kappa shape index (κ2) is 22.7. The van der Waals surface area contributed by atoms with Gasteiger partial charge in [0.25, 0.3) is 0 Å². The molecule has 0 rings (SSSR count). The van der Waals surface area contributed by atoms with Crippen LogP contribution in [0, 0.1) is 11.8 Å². The van der Waals surface area contributed by atoms with Crippen LogP contribution in [0.15, 0.2) is 0 Å². The van der Waals surface area contributed by atoms with Crippen molar-refractivity contribution in [3.05, 3.63) is 0 Å². The fourth-order valence-electron chi connectivity index (χ4n) is 3.81. The van der Waals surface area contributed by atoms with Crippen molar-refractivity contribution in [3.8, 4) is 0 Å². The van der Waals surface area contributed by atoms with E-state index in [2.05, 4.69) is 27.7 Å². The van der Waals surface area contributed by atoms with Crippen LogP contribution < -0.4 is 0 Å². The first-order valence-electron chi connectivity index (χ1n) is 13.8. The second-order valence-electron chi connectivity index (χ2n) is 10.5. The zero-order valence-corrected chi connectivity index (χ0v) is 22.2. The highest BCUT2D eigenvalue weighted by molar-refractivity contribution is 5.69. The summed E-state index contributed by atoms with van der Waals surface area (Å²) in [5.74, 6) is 1.00. The number of aliphatic hydroxyl groups excluding tert-OH is 1. The molecule has 0 bridgehead atoms. The summed E-state index contributed by atoms with van der Waals surface area (Å²) in [6.07, 6.45) is 17.4. The van der Waals surface area contributed by atoms with Gasteiger partial charge in [0.2, 0.25) is 0 Å². The van der Waals surface area contributed by atoms with Crippen LogP contribution in [0.5, 0.6) is 0 Å². The molecular formula is C28H54O5.